The van der Waals surface area contributed by atoms with Crippen molar-refractivity contribution in [2.45, 2.75) is 18.3 Å². The van der Waals surface area contributed by atoms with Crippen molar-refractivity contribution >= 4 is 11.7 Å². The molecule has 3 atom stereocenters. The van der Waals surface area contributed by atoms with Gasteiger partial charge in [-0.1, -0.05) is 6.07 Å². The fraction of sp³-hybridized carbons (Fsp3) is 0.538. The summed E-state index contributed by atoms with van der Waals surface area (Å²) in [6.07, 6.45) is 3.71. The average molecular weight is 229 g/mol. The van der Waals surface area contributed by atoms with E-state index in [1.165, 1.54) is 0 Å². The fourth-order valence-corrected chi connectivity index (χ4v) is 3.89. The lowest BCUT2D eigenvalue weighted by Gasteiger charge is -2.22. The van der Waals surface area contributed by atoms with Crippen LogP contribution in [0.15, 0.2) is 18.3 Å². The molecule has 4 heteroatoms. The van der Waals surface area contributed by atoms with E-state index in [1.54, 1.807) is 6.20 Å². The highest BCUT2D eigenvalue weighted by Gasteiger charge is 2.56. The predicted molar refractivity (Wildman–Crippen MR) is 63.6 cm³/mol. The van der Waals surface area contributed by atoms with Crippen LogP contribution in [-0.4, -0.2) is 24.0 Å². The number of nitrogens with one attached hydrogen (secondary N) is 2. The summed E-state index contributed by atoms with van der Waals surface area (Å²) in [5.41, 5.74) is 0.848. The molecule has 3 aliphatic rings. The maximum absolute atomic E-state index is 12.3. The summed E-state index contributed by atoms with van der Waals surface area (Å²) in [6.45, 7) is 2.13. The Morgan fingerprint density at radius 2 is 2.06 bits per heavy atom. The molecule has 1 saturated heterocycles. The van der Waals surface area contributed by atoms with Crippen LogP contribution in [0.2, 0.25) is 0 Å². The van der Waals surface area contributed by atoms with Crippen LogP contribution < -0.4 is 10.6 Å². The van der Waals surface area contributed by atoms with E-state index >= 15 is 0 Å². The SMILES string of the molecule is O=C1Nc2ncccc2C12C[C@H]1CNC[C@H]1C2. The van der Waals surface area contributed by atoms with Gasteiger partial charge in [0.25, 0.3) is 0 Å². The second-order valence-electron chi connectivity index (χ2n) is 5.52. The first kappa shape index (κ1) is 9.59. The Labute approximate surface area is 99.8 Å². The van der Waals surface area contributed by atoms with Crippen molar-refractivity contribution in [3.8, 4) is 0 Å². The largest absolute Gasteiger partial charge is 0.316 e. The van der Waals surface area contributed by atoms with Gasteiger partial charge < -0.3 is 10.6 Å². The number of anilines is 1. The van der Waals surface area contributed by atoms with Gasteiger partial charge >= 0.3 is 0 Å². The van der Waals surface area contributed by atoms with Gasteiger partial charge in [0.1, 0.15) is 5.82 Å². The van der Waals surface area contributed by atoms with Gasteiger partial charge in [0.15, 0.2) is 0 Å². The van der Waals surface area contributed by atoms with Crippen LogP contribution in [0.25, 0.3) is 0 Å². The topological polar surface area (TPSA) is 54.0 Å². The van der Waals surface area contributed by atoms with Crippen LogP contribution in [0.1, 0.15) is 18.4 Å². The number of carbonyl (C=O) groups excluding carboxylic acids is 1. The third kappa shape index (κ3) is 1.11. The molecule has 3 heterocycles. The summed E-state index contributed by atoms with van der Waals surface area (Å²) in [5, 5.41) is 6.37. The highest BCUT2D eigenvalue weighted by molar-refractivity contribution is 6.05. The Morgan fingerprint density at radius 3 is 2.82 bits per heavy atom. The van der Waals surface area contributed by atoms with Gasteiger partial charge in [-0.15, -0.1) is 0 Å². The van der Waals surface area contributed by atoms with E-state index in [0.29, 0.717) is 11.8 Å². The Kier molecular flexibility index (Phi) is 1.73. The van der Waals surface area contributed by atoms with Crippen molar-refractivity contribution in [2.24, 2.45) is 11.8 Å². The third-order valence-corrected chi connectivity index (χ3v) is 4.69. The van der Waals surface area contributed by atoms with E-state index in [4.69, 9.17) is 0 Å². The number of carbonyl (C=O) groups is 1. The van der Waals surface area contributed by atoms with Gasteiger partial charge in [-0.2, -0.15) is 0 Å². The van der Waals surface area contributed by atoms with Crippen LogP contribution in [0.3, 0.4) is 0 Å². The number of pyridine rings is 1. The lowest BCUT2D eigenvalue weighted by molar-refractivity contribution is -0.120. The number of hydrogen-bond acceptors (Lipinski definition) is 3. The van der Waals surface area contributed by atoms with Crippen LogP contribution in [0, 0.1) is 11.8 Å². The first-order valence-electron chi connectivity index (χ1n) is 6.27. The summed E-state index contributed by atoms with van der Waals surface area (Å²) in [6, 6.07) is 4.00. The van der Waals surface area contributed by atoms with E-state index in [0.717, 1.165) is 37.3 Å². The van der Waals surface area contributed by atoms with Gasteiger partial charge in [0.05, 0.1) is 5.41 Å². The lowest BCUT2D eigenvalue weighted by atomic mass is 9.79. The maximum atomic E-state index is 12.3. The van der Waals surface area contributed by atoms with E-state index in [-0.39, 0.29) is 11.3 Å². The van der Waals surface area contributed by atoms with E-state index in [1.807, 2.05) is 6.07 Å². The first-order chi connectivity index (χ1) is 8.29. The smallest absolute Gasteiger partial charge is 0.236 e. The molecule has 1 aliphatic carbocycles. The molecule has 0 bridgehead atoms. The minimum atomic E-state index is -0.277. The first-order valence-corrected chi connectivity index (χ1v) is 6.27. The molecule has 1 aromatic rings. The van der Waals surface area contributed by atoms with Crippen molar-refractivity contribution in [3.05, 3.63) is 23.9 Å². The highest BCUT2D eigenvalue weighted by Crippen LogP contribution is 2.53. The second kappa shape index (κ2) is 3.07. The monoisotopic (exact) mass is 229 g/mol. The lowest BCUT2D eigenvalue weighted by Crippen LogP contribution is -2.33. The quantitative estimate of drug-likeness (QED) is 0.695. The number of hydrogen-bond donors (Lipinski definition) is 2. The average Bonchev–Trinajstić information content (AvgIpc) is 2.94. The Bertz CT molecular complexity index is 487. The molecule has 17 heavy (non-hydrogen) atoms. The number of aromatic nitrogens is 1. The fourth-order valence-electron chi connectivity index (χ4n) is 3.89. The van der Waals surface area contributed by atoms with Crippen molar-refractivity contribution in [1.29, 1.82) is 0 Å². The normalized spacial score (nSPS) is 38.2. The van der Waals surface area contributed by atoms with Gasteiger partial charge in [-0.25, -0.2) is 4.98 Å². The van der Waals surface area contributed by atoms with Crippen LogP contribution in [-0.2, 0) is 10.2 Å². The molecule has 88 valence electrons. The maximum Gasteiger partial charge on any atom is 0.236 e. The minimum absolute atomic E-state index is 0.167. The zero-order valence-electron chi connectivity index (χ0n) is 9.57. The molecular weight excluding hydrogens is 214 g/mol. The molecule has 2 fully saturated rings. The summed E-state index contributed by atoms with van der Waals surface area (Å²) in [5.74, 6) is 2.27. The number of nitrogens with zero attached hydrogens (tertiary/aromatic N) is 1. The van der Waals surface area contributed by atoms with Crippen molar-refractivity contribution in [1.82, 2.24) is 10.3 Å². The molecule has 4 rings (SSSR count). The second-order valence-corrected chi connectivity index (χ2v) is 5.52. The predicted octanol–water partition coefficient (Wildman–Crippen LogP) is 0.901. The standard InChI is InChI=1S/C13H15N3O/c17-12-13(4-8-6-14-7-9(8)5-13)10-2-1-3-15-11(10)16-12/h1-3,8-9,14H,4-7H2,(H,15,16,17)/t8-,9+,13?. The molecule has 4 nitrogen and oxygen atoms in total. The van der Waals surface area contributed by atoms with Crippen molar-refractivity contribution in [3.63, 3.8) is 0 Å². The molecule has 0 aromatic carbocycles. The number of amides is 1. The summed E-state index contributed by atoms with van der Waals surface area (Å²) >= 11 is 0. The zero-order chi connectivity index (χ0) is 11.5. The van der Waals surface area contributed by atoms with Crippen LogP contribution >= 0.6 is 0 Å². The van der Waals surface area contributed by atoms with Crippen LogP contribution in [0.5, 0.6) is 0 Å². The van der Waals surface area contributed by atoms with Crippen molar-refractivity contribution < 1.29 is 4.79 Å². The van der Waals surface area contributed by atoms with Crippen LogP contribution in [0.4, 0.5) is 5.82 Å². The Balaban J connectivity index is 1.81. The molecule has 1 aromatic heterocycles. The zero-order valence-corrected chi connectivity index (χ0v) is 9.57. The van der Waals surface area contributed by atoms with E-state index in [2.05, 4.69) is 21.7 Å². The van der Waals surface area contributed by atoms with Gasteiger partial charge in [-0.3, -0.25) is 4.79 Å². The molecule has 0 radical (unpaired) electrons. The molecular formula is C13H15N3O. The molecule has 2 aliphatic heterocycles. The Hall–Kier alpha value is -1.42. The summed E-state index contributed by atoms with van der Waals surface area (Å²) < 4.78 is 0. The van der Waals surface area contributed by atoms with E-state index in [9.17, 15) is 4.79 Å². The van der Waals surface area contributed by atoms with Gasteiger partial charge in [-0.05, 0) is 43.8 Å². The molecule has 1 spiro atoms. The highest BCUT2D eigenvalue weighted by atomic mass is 16.2. The molecule has 2 N–H and O–H groups in total. The molecule has 1 unspecified atom stereocenters. The molecule has 1 saturated carbocycles. The summed E-state index contributed by atoms with van der Waals surface area (Å²) in [7, 11) is 0. The van der Waals surface area contributed by atoms with Crippen molar-refractivity contribution in [2.75, 3.05) is 18.4 Å². The van der Waals surface area contributed by atoms with Gasteiger partial charge in [0.2, 0.25) is 5.91 Å². The Morgan fingerprint density at radius 1 is 1.29 bits per heavy atom. The summed E-state index contributed by atoms with van der Waals surface area (Å²) in [4.78, 5) is 16.6. The number of fused-ring (bicyclic) bond motifs is 3. The van der Waals surface area contributed by atoms with E-state index < -0.39 is 0 Å². The number of rotatable bonds is 0. The minimum Gasteiger partial charge on any atom is -0.316 e. The molecule has 1 amide bonds. The van der Waals surface area contributed by atoms with Gasteiger partial charge in [0, 0.05) is 11.8 Å². The third-order valence-electron chi connectivity index (χ3n) is 4.69.